The Hall–Kier alpha value is -0.170. The van der Waals surface area contributed by atoms with Gasteiger partial charge in [0.05, 0.1) is 0 Å². The van der Waals surface area contributed by atoms with Crippen LogP contribution in [0.2, 0.25) is 0 Å². The second-order valence-electron chi connectivity index (χ2n) is 6.80. The normalized spacial score (nSPS) is 32.2. The highest BCUT2D eigenvalue weighted by atomic mass is 32.2. The third kappa shape index (κ3) is 4.91. The Morgan fingerprint density at radius 1 is 1.05 bits per heavy atom. The SMILES string of the molecule is CNCC1CCCCN1S(=O)(=O)NCC1CCC(C)CC1. The van der Waals surface area contributed by atoms with Crippen LogP contribution < -0.4 is 10.0 Å². The molecule has 0 aromatic rings. The zero-order chi connectivity index (χ0) is 15.3. The van der Waals surface area contributed by atoms with Crippen molar-refractivity contribution in [1.29, 1.82) is 0 Å². The first-order valence-corrected chi connectivity index (χ1v) is 9.88. The molecular formula is C15H31N3O2S. The zero-order valence-corrected chi connectivity index (χ0v) is 14.3. The molecule has 124 valence electrons. The molecule has 2 fully saturated rings. The summed E-state index contributed by atoms with van der Waals surface area (Å²) in [7, 11) is -1.44. The maximum Gasteiger partial charge on any atom is 0.279 e. The number of rotatable bonds is 6. The lowest BCUT2D eigenvalue weighted by Crippen LogP contribution is -2.52. The number of nitrogens with zero attached hydrogens (tertiary/aromatic N) is 1. The molecule has 0 spiro atoms. The van der Waals surface area contributed by atoms with Crippen LogP contribution in [0.3, 0.4) is 0 Å². The average molecular weight is 317 g/mol. The molecule has 2 N–H and O–H groups in total. The maximum atomic E-state index is 12.6. The molecule has 1 unspecified atom stereocenters. The highest BCUT2D eigenvalue weighted by Crippen LogP contribution is 2.28. The van der Waals surface area contributed by atoms with Crippen LogP contribution in [-0.4, -0.2) is 45.4 Å². The standard InChI is InChI=1S/C15H31N3O2S/c1-13-6-8-14(9-7-13)11-17-21(19,20)18-10-4-3-5-15(18)12-16-2/h13-17H,3-12H2,1-2H3. The summed E-state index contributed by atoms with van der Waals surface area (Å²) in [5.74, 6) is 1.32. The molecule has 0 amide bonds. The Morgan fingerprint density at radius 2 is 1.76 bits per heavy atom. The minimum atomic E-state index is -3.32. The summed E-state index contributed by atoms with van der Waals surface area (Å²) in [6.45, 7) is 4.29. The summed E-state index contributed by atoms with van der Waals surface area (Å²) in [4.78, 5) is 0. The van der Waals surface area contributed by atoms with E-state index in [2.05, 4.69) is 17.0 Å². The first-order valence-electron chi connectivity index (χ1n) is 8.44. The van der Waals surface area contributed by atoms with Gasteiger partial charge >= 0.3 is 0 Å². The Bertz CT molecular complexity index is 403. The van der Waals surface area contributed by atoms with Gasteiger partial charge in [-0.2, -0.15) is 12.7 Å². The summed E-state index contributed by atoms with van der Waals surface area (Å²) < 4.78 is 29.7. The molecule has 0 aromatic carbocycles. The number of likely N-dealkylation sites (N-methyl/N-ethyl adjacent to an activating group) is 1. The van der Waals surface area contributed by atoms with Gasteiger partial charge in [-0.25, -0.2) is 4.72 Å². The fourth-order valence-corrected chi connectivity index (χ4v) is 5.12. The minimum absolute atomic E-state index is 0.104. The summed E-state index contributed by atoms with van der Waals surface area (Å²) in [6.07, 6.45) is 7.84. The van der Waals surface area contributed by atoms with E-state index in [1.54, 1.807) is 4.31 Å². The van der Waals surface area contributed by atoms with Gasteiger partial charge in [-0.3, -0.25) is 0 Å². The molecule has 1 heterocycles. The van der Waals surface area contributed by atoms with Gasteiger partial charge < -0.3 is 5.32 Å². The van der Waals surface area contributed by atoms with Crippen molar-refractivity contribution in [2.75, 3.05) is 26.7 Å². The Balaban J connectivity index is 1.87. The van der Waals surface area contributed by atoms with Gasteiger partial charge in [-0.1, -0.05) is 26.2 Å². The molecule has 1 aliphatic heterocycles. The quantitative estimate of drug-likeness (QED) is 0.784. The smallest absolute Gasteiger partial charge is 0.279 e. The number of piperidine rings is 1. The minimum Gasteiger partial charge on any atom is -0.318 e. The second-order valence-corrected chi connectivity index (χ2v) is 8.51. The maximum absolute atomic E-state index is 12.6. The average Bonchev–Trinajstić information content (AvgIpc) is 2.47. The molecule has 21 heavy (non-hydrogen) atoms. The lowest BCUT2D eigenvalue weighted by Gasteiger charge is -2.35. The van der Waals surface area contributed by atoms with E-state index in [1.165, 1.54) is 12.8 Å². The van der Waals surface area contributed by atoms with E-state index >= 15 is 0 Å². The lowest BCUT2D eigenvalue weighted by molar-refractivity contribution is 0.242. The van der Waals surface area contributed by atoms with Gasteiger partial charge in [0.15, 0.2) is 0 Å². The second kappa shape index (κ2) is 7.90. The van der Waals surface area contributed by atoms with E-state index in [0.717, 1.165) is 44.6 Å². The highest BCUT2D eigenvalue weighted by Gasteiger charge is 2.32. The van der Waals surface area contributed by atoms with Gasteiger partial charge in [0.2, 0.25) is 0 Å². The Morgan fingerprint density at radius 3 is 2.43 bits per heavy atom. The van der Waals surface area contributed by atoms with E-state index in [9.17, 15) is 8.42 Å². The van der Waals surface area contributed by atoms with E-state index in [0.29, 0.717) is 19.0 Å². The van der Waals surface area contributed by atoms with Crippen LogP contribution in [0.5, 0.6) is 0 Å². The predicted octanol–water partition coefficient (Wildman–Crippen LogP) is 1.72. The van der Waals surface area contributed by atoms with E-state index < -0.39 is 10.2 Å². The topological polar surface area (TPSA) is 61.4 Å². The Kier molecular flexibility index (Phi) is 6.47. The van der Waals surface area contributed by atoms with Crippen molar-refractivity contribution in [2.45, 2.75) is 57.9 Å². The molecular weight excluding hydrogens is 286 g/mol. The number of nitrogens with one attached hydrogen (secondary N) is 2. The predicted molar refractivity (Wildman–Crippen MR) is 86.3 cm³/mol. The molecule has 0 aromatic heterocycles. The molecule has 2 aliphatic rings. The highest BCUT2D eigenvalue weighted by molar-refractivity contribution is 7.87. The molecule has 1 atom stereocenters. The Labute approximate surface area is 130 Å². The zero-order valence-electron chi connectivity index (χ0n) is 13.5. The van der Waals surface area contributed by atoms with E-state index in [-0.39, 0.29) is 6.04 Å². The monoisotopic (exact) mass is 317 g/mol. The fourth-order valence-electron chi connectivity index (χ4n) is 3.57. The largest absolute Gasteiger partial charge is 0.318 e. The molecule has 1 aliphatic carbocycles. The van der Waals surface area contributed by atoms with Crippen molar-refractivity contribution in [2.24, 2.45) is 11.8 Å². The number of hydrogen-bond donors (Lipinski definition) is 2. The molecule has 1 saturated heterocycles. The molecule has 0 radical (unpaired) electrons. The van der Waals surface area contributed by atoms with Gasteiger partial charge in [0, 0.05) is 25.7 Å². The molecule has 0 bridgehead atoms. The summed E-state index contributed by atoms with van der Waals surface area (Å²) in [5.41, 5.74) is 0. The summed E-state index contributed by atoms with van der Waals surface area (Å²) in [6, 6.07) is 0.104. The van der Waals surface area contributed by atoms with Crippen molar-refractivity contribution in [1.82, 2.24) is 14.3 Å². The molecule has 2 rings (SSSR count). The number of hydrogen-bond acceptors (Lipinski definition) is 3. The van der Waals surface area contributed by atoms with Crippen molar-refractivity contribution < 1.29 is 8.42 Å². The van der Waals surface area contributed by atoms with Crippen molar-refractivity contribution in [3.8, 4) is 0 Å². The van der Waals surface area contributed by atoms with Crippen LogP contribution in [0.25, 0.3) is 0 Å². The summed E-state index contributed by atoms with van der Waals surface area (Å²) in [5, 5.41) is 3.12. The first-order chi connectivity index (χ1) is 10.0. The molecule has 1 saturated carbocycles. The van der Waals surface area contributed by atoms with Crippen molar-refractivity contribution in [3.63, 3.8) is 0 Å². The first kappa shape index (κ1) is 17.2. The van der Waals surface area contributed by atoms with Crippen LogP contribution in [0.15, 0.2) is 0 Å². The fraction of sp³-hybridized carbons (Fsp3) is 1.00. The third-order valence-corrected chi connectivity index (χ3v) is 6.64. The lowest BCUT2D eigenvalue weighted by atomic mass is 9.83. The summed E-state index contributed by atoms with van der Waals surface area (Å²) >= 11 is 0. The van der Waals surface area contributed by atoms with Gasteiger partial charge in [-0.15, -0.1) is 0 Å². The van der Waals surface area contributed by atoms with Crippen LogP contribution >= 0.6 is 0 Å². The van der Waals surface area contributed by atoms with E-state index in [1.807, 2.05) is 7.05 Å². The van der Waals surface area contributed by atoms with Crippen LogP contribution in [-0.2, 0) is 10.2 Å². The van der Waals surface area contributed by atoms with E-state index in [4.69, 9.17) is 0 Å². The van der Waals surface area contributed by atoms with Crippen LogP contribution in [0, 0.1) is 11.8 Å². The molecule has 6 heteroatoms. The van der Waals surface area contributed by atoms with Crippen molar-refractivity contribution in [3.05, 3.63) is 0 Å². The van der Waals surface area contributed by atoms with Gasteiger partial charge in [0.1, 0.15) is 0 Å². The third-order valence-electron chi connectivity index (χ3n) is 5.01. The van der Waals surface area contributed by atoms with Gasteiger partial charge in [-0.05, 0) is 44.6 Å². The van der Waals surface area contributed by atoms with Crippen LogP contribution in [0.1, 0.15) is 51.9 Å². The van der Waals surface area contributed by atoms with Gasteiger partial charge in [0.25, 0.3) is 10.2 Å². The molecule has 5 nitrogen and oxygen atoms in total. The van der Waals surface area contributed by atoms with Crippen molar-refractivity contribution >= 4 is 10.2 Å². The van der Waals surface area contributed by atoms with Crippen LogP contribution in [0.4, 0.5) is 0 Å².